The second kappa shape index (κ2) is 5.13. The molecule has 0 aromatic heterocycles. The molecule has 3 rings (SSSR count). The van der Waals surface area contributed by atoms with Gasteiger partial charge in [0.1, 0.15) is 5.82 Å². The minimum absolute atomic E-state index is 0.0626. The van der Waals surface area contributed by atoms with Gasteiger partial charge < -0.3 is 0 Å². The lowest BCUT2D eigenvalue weighted by Crippen LogP contribution is -2.05. The smallest absolute Gasteiger partial charge is 0.193 e. The molecule has 104 valence electrons. The van der Waals surface area contributed by atoms with E-state index in [-0.39, 0.29) is 11.6 Å². The summed E-state index contributed by atoms with van der Waals surface area (Å²) >= 11 is 0. The maximum atomic E-state index is 13.4. The molecule has 0 unspecified atom stereocenters. The molecule has 0 saturated carbocycles. The van der Waals surface area contributed by atoms with E-state index >= 15 is 0 Å². The highest BCUT2D eigenvalue weighted by Crippen LogP contribution is 2.25. The summed E-state index contributed by atoms with van der Waals surface area (Å²) in [4.78, 5) is 12.8. The molecule has 0 saturated heterocycles. The van der Waals surface area contributed by atoms with Crippen LogP contribution < -0.4 is 0 Å². The molecule has 0 fully saturated rings. The predicted molar refractivity (Wildman–Crippen MR) is 83.3 cm³/mol. The van der Waals surface area contributed by atoms with Gasteiger partial charge in [0.2, 0.25) is 0 Å². The van der Waals surface area contributed by atoms with Crippen molar-refractivity contribution in [1.29, 1.82) is 0 Å². The van der Waals surface area contributed by atoms with Crippen molar-refractivity contribution in [3.05, 3.63) is 82.7 Å². The molecule has 0 heterocycles. The Balaban J connectivity index is 2.21. The maximum absolute atomic E-state index is 13.4. The van der Waals surface area contributed by atoms with Gasteiger partial charge in [-0.25, -0.2) is 4.39 Å². The van der Waals surface area contributed by atoms with E-state index in [1.54, 1.807) is 19.1 Å². The van der Waals surface area contributed by atoms with Gasteiger partial charge in [0.25, 0.3) is 0 Å². The van der Waals surface area contributed by atoms with Gasteiger partial charge in [0.05, 0.1) is 0 Å². The minimum atomic E-state index is -0.291. The SMILES string of the molecule is Cc1cc(C(=O)c2c(C)ccc3ccccc23)ccc1F. The van der Waals surface area contributed by atoms with E-state index in [2.05, 4.69) is 0 Å². The van der Waals surface area contributed by atoms with E-state index < -0.39 is 0 Å². The second-order valence-corrected chi connectivity index (χ2v) is 5.27. The third kappa shape index (κ3) is 2.33. The first kappa shape index (κ1) is 13.5. The Hall–Kier alpha value is -2.48. The Morgan fingerprint density at radius 1 is 0.905 bits per heavy atom. The minimum Gasteiger partial charge on any atom is -0.289 e. The van der Waals surface area contributed by atoms with Gasteiger partial charge in [-0.3, -0.25) is 4.79 Å². The second-order valence-electron chi connectivity index (χ2n) is 5.27. The lowest BCUT2D eigenvalue weighted by atomic mass is 9.93. The van der Waals surface area contributed by atoms with E-state index in [0.29, 0.717) is 16.7 Å². The molecule has 1 nitrogen and oxygen atoms in total. The van der Waals surface area contributed by atoms with Crippen molar-refractivity contribution < 1.29 is 9.18 Å². The largest absolute Gasteiger partial charge is 0.289 e. The number of carbonyl (C=O) groups excluding carboxylic acids is 1. The fourth-order valence-electron chi connectivity index (χ4n) is 2.61. The summed E-state index contributed by atoms with van der Waals surface area (Å²) in [6.07, 6.45) is 0. The predicted octanol–water partition coefficient (Wildman–Crippen LogP) is 4.83. The van der Waals surface area contributed by atoms with Crippen LogP contribution in [0.1, 0.15) is 27.0 Å². The van der Waals surface area contributed by atoms with Crippen LogP contribution in [0.2, 0.25) is 0 Å². The Kier molecular flexibility index (Phi) is 3.30. The quantitative estimate of drug-likeness (QED) is 0.614. The number of hydrogen-bond donors (Lipinski definition) is 0. The fraction of sp³-hybridized carbons (Fsp3) is 0.105. The Labute approximate surface area is 123 Å². The van der Waals surface area contributed by atoms with E-state index in [9.17, 15) is 9.18 Å². The van der Waals surface area contributed by atoms with E-state index in [4.69, 9.17) is 0 Å². The first-order chi connectivity index (χ1) is 10.1. The monoisotopic (exact) mass is 278 g/mol. The molecule has 0 spiro atoms. The number of hydrogen-bond acceptors (Lipinski definition) is 1. The number of carbonyl (C=O) groups is 1. The van der Waals surface area contributed by atoms with Crippen LogP contribution in [0.15, 0.2) is 54.6 Å². The molecule has 21 heavy (non-hydrogen) atoms. The zero-order valence-electron chi connectivity index (χ0n) is 12.0. The summed E-state index contributed by atoms with van der Waals surface area (Å²) in [5.74, 6) is -0.353. The van der Waals surface area contributed by atoms with Gasteiger partial charge in [-0.15, -0.1) is 0 Å². The number of rotatable bonds is 2. The highest BCUT2D eigenvalue weighted by Gasteiger charge is 2.16. The van der Waals surface area contributed by atoms with Gasteiger partial charge in [-0.05, 0) is 53.9 Å². The summed E-state index contributed by atoms with van der Waals surface area (Å²) in [6.45, 7) is 3.60. The molecule has 0 aliphatic rings. The van der Waals surface area contributed by atoms with Crippen LogP contribution in [-0.2, 0) is 0 Å². The van der Waals surface area contributed by atoms with Crippen molar-refractivity contribution in [2.75, 3.05) is 0 Å². The van der Waals surface area contributed by atoms with Crippen LogP contribution >= 0.6 is 0 Å². The standard InChI is InChI=1S/C19H15FO/c1-12-7-8-14-5-3-4-6-16(14)18(12)19(21)15-9-10-17(20)13(2)11-15/h3-11H,1-2H3. The van der Waals surface area contributed by atoms with E-state index in [0.717, 1.165) is 16.3 Å². The normalized spacial score (nSPS) is 10.8. The Morgan fingerprint density at radius 2 is 1.67 bits per heavy atom. The average molecular weight is 278 g/mol. The molecule has 0 atom stereocenters. The molecule has 0 amide bonds. The maximum Gasteiger partial charge on any atom is 0.193 e. The highest BCUT2D eigenvalue weighted by atomic mass is 19.1. The van der Waals surface area contributed by atoms with Crippen LogP contribution in [0, 0.1) is 19.7 Å². The van der Waals surface area contributed by atoms with Gasteiger partial charge >= 0.3 is 0 Å². The van der Waals surface area contributed by atoms with Gasteiger partial charge in [0, 0.05) is 11.1 Å². The number of benzene rings is 3. The third-order valence-corrected chi connectivity index (χ3v) is 3.78. The van der Waals surface area contributed by atoms with Crippen molar-refractivity contribution in [2.45, 2.75) is 13.8 Å². The topological polar surface area (TPSA) is 17.1 Å². The summed E-state index contributed by atoms with van der Waals surface area (Å²) in [5.41, 5.74) is 2.63. The summed E-state index contributed by atoms with van der Waals surface area (Å²) in [5, 5.41) is 1.97. The Morgan fingerprint density at radius 3 is 2.43 bits per heavy atom. The number of aryl methyl sites for hydroxylation is 2. The van der Waals surface area contributed by atoms with Gasteiger partial charge in [-0.2, -0.15) is 0 Å². The average Bonchev–Trinajstić information content (AvgIpc) is 2.49. The zero-order valence-corrected chi connectivity index (χ0v) is 12.0. The molecule has 2 heteroatoms. The van der Waals surface area contributed by atoms with Crippen molar-refractivity contribution >= 4 is 16.6 Å². The van der Waals surface area contributed by atoms with Crippen molar-refractivity contribution in [1.82, 2.24) is 0 Å². The van der Waals surface area contributed by atoms with Crippen molar-refractivity contribution in [3.63, 3.8) is 0 Å². The highest BCUT2D eigenvalue weighted by molar-refractivity contribution is 6.17. The first-order valence-corrected chi connectivity index (χ1v) is 6.87. The molecule has 0 radical (unpaired) electrons. The molecule has 0 aliphatic carbocycles. The third-order valence-electron chi connectivity index (χ3n) is 3.78. The number of ketones is 1. The Bertz CT molecular complexity index is 849. The van der Waals surface area contributed by atoms with Crippen LogP contribution in [-0.4, -0.2) is 5.78 Å². The van der Waals surface area contributed by atoms with E-state index in [1.807, 2.05) is 43.3 Å². The van der Waals surface area contributed by atoms with Crippen molar-refractivity contribution in [3.8, 4) is 0 Å². The molecule has 0 bridgehead atoms. The summed E-state index contributed by atoms with van der Waals surface area (Å²) in [6, 6.07) is 16.3. The van der Waals surface area contributed by atoms with E-state index in [1.165, 1.54) is 6.07 Å². The zero-order chi connectivity index (χ0) is 15.0. The fourth-order valence-corrected chi connectivity index (χ4v) is 2.61. The molecular weight excluding hydrogens is 263 g/mol. The first-order valence-electron chi connectivity index (χ1n) is 6.87. The van der Waals surface area contributed by atoms with Crippen LogP contribution in [0.5, 0.6) is 0 Å². The number of fused-ring (bicyclic) bond motifs is 1. The molecule has 3 aromatic rings. The van der Waals surface area contributed by atoms with Crippen LogP contribution in [0.4, 0.5) is 4.39 Å². The lowest BCUT2D eigenvalue weighted by molar-refractivity contribution is 0.103. The lowest BCUT2D eigenvalue weighted by Gasteiger charge is -2.10. The van der Waals surface area contributed by atoms with Crippen molar-refractivity contribution in [2.24, 2.45) is 0 Å². The molecule has 0 aliphatic heterocycles. The summed E-state index contributed by atoms with van der Waals surface area (Å²) in [7, 11) is 0. The van der Waals surface area contributed by atoms with Gasteiger partial charge in [0.15, 0.2) is 5.78 Å². The molecule has 3 aromatic carbocycles. The number of halogens is 1. The van der Waals surface area contributed by atoms with Crippen LogP contribution in [0.3, 0.4) is 0 Å². The van der Waals surface area contributed by atoms with Gasteiger partial charge in [-0.1, -0.05) is 36.4 Å². The molecule has 0 N–H and O–H groups in total. The molecular formula is C19H15FO. The van der Waals surface area contributed by atoms with Crippen LogP contribution in [0.25, 0.3) is 10.8 Å². The summed E-state index contributed by atoms with van der Waals surface area (Å²) < 4.78 is 13.4.